The molecule has 1 saturated heterocycles. The normalized spacial score (nSPS) is 31.3. The molecule has 0 aromatic heterocycles. The summed E-state index contributed by atoms with van der Waals surface area (Å²) in [6.07, 6.45) is 3.69. The number of aliphatic carboxylic acids is 1. The summed E-state index contributed by atoms with van der Waals surface area (Å²) in [5, 5.41) is 8.96. The van der Waals surface area contributed by atoms with Gasteiger partial charge >= 0.3 is 5.97 Å². The number of hydrogen-bond donors (Lipinski definition) is 1. The minimum Gasteiger partial charge on any atom is -0.481 e. The first-order valence-corrected chi connectivity index (χ1v) is 7.93. The van der Waals surface area contributed by atoms with Crippen LogP contribution in [0.3, 0.4) is 0 Å². The second-order valence-corrected chi connectivity index (χ2v) is 9.15. The quantitative estimate of drug-likeness (QED) is 0.865. The molecule has 0 spiro atoms. The smallest absolute Gasteiger partial charge is 0.303 e. The lowest BCUT2D eigenvalue weighted by Crippen LogP contribution is -2.39. The van der Waals surface area contributed by atoms with Crippen molar-refractivity contribution in [2.24, 2.45) is 16.2 Å². The maximum atomic E-state index is 12.7. The van der Waals surface area contributed by atoms with Crippen molar-refractivity contribution in [1.29, 1.82) is 0 Å². The minimum absolute atomic E-state index is 0.0417. The molecule has 1 saturated carbocycles. The molecule has 1 N–H and O–H groups in total. The second-order valence-electron chi connectivity index (χ2n) is 9.15. The van der Waals surface area contributed by atoms with Crippen LogP contribution in [0.1, 0.15) is 66.7 Å². The van der Waals surface area contributed by atoms with E-state index in [0.717, 1.165) is 19.4 Å². The van der Waals surface area contributed by atoms with Gasteiger partial charge in [0, 0.05) is 19.0 Å². The summed E-state index contributed by atoms with van der Waals surface area (Å²) < 4.78 is 0. The Morgan fingerprint density at radius 3 is 2.38 bits per heavy atom. The average molecular weight is 295 g/mol. The van der Waals surface area contributed by atoms with Crippen molar-refractivity contribution in [3.8, 4) is 0 Å². The van der Waals surface area contributed by atoms with Crippen molar-refractivity contribution in [3.05, 3.63) is 0 Å². The van der Waals surface area contributed by atoms with E-state index in [4.69, 9.17) is 5.11 Å². The zero-order chi connectivity index (χ0) is 16.1. The van der Waals surface area contributed by atoms with Crippen LogP contribution in [0.5, 0.6) is 0 Å². The van der Waals surface area contributed by atoms with Crippen molar-refractivity contribution in [2.45, 2.75) is 72.8 Å². The van der Waals surface area contributed by atoms with Gasteiger partial charge in [0.05, 0.1) is 6.42 Å². The molecule has 0 radical (unpaired) electrons. The van der Waals surface area contributed by atoms with Crippen LogP contribution in [0.4, 0.5) is 0 Å². The fourth-order valence-electron chi connectivity index (χ4n) is 4.73. The van der Waals surface area contributed by atoms with Gasteiger partial charge < -0.3 is 10.0 Å². The van der Waals surface area contributed by atoms with Gasteiger partial charge in [0.1, 0.15) is 0 Å². The highest BCUT2D eigenvalue weighted by molar-refractivity contribution is 5.79. The average Bonchev–Trinajstić information content (AvgIpc) is 2.44. The highest BCUT2D eigenvalue weighted by Gasteiger charge is 2.51. The van der Waals surface area contributed by atoms with E-state index in [0.29, 0.717) is 17.9 Å². The molecule has 1 aliphatic carbocycles. The van der Waals surface area contributed by atoms with Gasteiger partial charge in [0.15, 0.2) is 0 Å². The van der Waals surface area contributed by atoms with Gasteiger partial charge in [-0.25, -0.2) is 0 Å². The monoisotopic (exact) mass is 295 g/mol. The Kier molecular flexibility index (Phi) is 3.88. The van der Waals surface area contributed by atoms with Crippen molar-refractivity contribution in [2.75, 3.05) is 6.54 Å². The lowest BCUT2D eigenvalue weighted by atomic mass is 9.65. The van der Waals surface area contributed by atoms with Crippen LogP contribution in [-0.2, 0) is 9.59 Å². The third-order valence-electron chi connectivity index (χ3n) is 4.99. The van der Waals surface area contributed by atoms with Crippen LogP contribution < -0.4 is 0 Å². The highest BCUT2D eigenvalue weighted by Crippen LogP contribution is 2.52. The predicted octanol–water partition coefficient (Wildman–Crippen LogP) is 3.30. The van der Waals surface area contributed by atoms with Gasteiger partial charge in [-0.2, -0.15) is 0 Å². The third-order valence-corrected chi connectivity index (χ3v) is 4.99. The molecule has 120 valence electrons. The Bertz CT molecular complexity index is 455. The Hall–Kier alpha value is -1.06. The molecule has 0 aromatic carbocycles. The van der Waals surface area contributed by atoms with Crippen molar-refractivity contribution in [3.63, 3.8) is 0 Å². The van der Waals surface area contributed by atoms with Crippen LogP contribution in [0.25, 0.3) is 0 Å². The van der Waals surface area contributed by atoms with Crippen LogP contribution in [0.2, 0.25) is 0 Å². The molecule has 1 amide bonds. The lowest BCUT2D eigenvalue weighted by molar-refractivity contribution is -0.141. The van der Waals surface area contributed by atoms with Crippen LogP contribution in [0, 0.1) is 16.2 Å². The zero-order valence-corrected chi connectivity index (χ0v) is 14.0. The Balaban J connectivity index is 2.06. The largest absolute Gasteiger partial charge is 0.481 e. The first kappa shape index (κ1) is 16.3. The van der Waals surface area contributed by atoms with Gasteiger partial charge in [-0.3, -0.25) is 9.59 Å². The van der Waals surface area contributed by atoms with Crippen LogP contribution in [-0.4, -0.2) is 34.5 Å². The van der Waals surface area contributed by atoms with Crippen molar-refractivity contribution in [1.82, 2.24) is 4.90 Å². The maximum absolute atomic E-state index is 12.7. The van der Waals surface area contributed by atoms with Gasteiger partial charge in [-0.15, -0.1) is 0 Å². The van der Waals surface area contributed by atoms with E-state index in [1.165, 1.54) is 6.42 Å². The molecule has 0 aromatic rings. The summed E-state index contributed by atoms with van der Waals surface area (Å²) in [6, 6.07) is 0.340. The maximum Gasteiger partial charge on any atom is 0.303 e. The number of amides is 1. The fourth-order valence-corrected chi connectivity index (χ4v) is 4.73. The molecule has 2 fully saturated rings. The SMILES string of the molecule is CC(C)(CC(=O)O)CC(=O)N1CC2(C)CC1CC(C)(C)C2. The number of carboxylic acid groups (broad SMARTS) is 1. The number of likely N-dealkylation sites (tertiary alicyclic amines) is 1. The number of nitrogens with zero attached hydrogens (tertiary/aromatic N) is 1. The van der Waals surface area contributed by atoms with Gasteiger partial charge in [0.25, 0.3) is 0 Å². The van der Waals surface area contributed by atoms with Crippen LogP contribution >= 0.6 is 0 Å². The van der Waals surface area contributed by atoms with E-state index in [1.54, 1.807) is 0 Å². The Morgan fingerprint density at radius 2 is 1.81 bits per heavy atom. The molecule has 2 bridgehead atoms. The van der Waals surface area contributed by atoms with Crippen molar-refractivity contribution >= 4 is 11.9 Å². The molecule has 2 unspecified atom stereocenters. The molecule has 21 heavy (non-hydrogen) atoms. The Morgan fingerprint density at radius 1 is 1.19 bits per heavy atom. The van der Waals surface area contributed by atoms with E-state index in [2.05, 4.69) is 20.8 Å². The lowest BCUT2D eigenvalue weighted by Gasteiger charge is -2.39. The van der Waals surface area contributed by atoms with E-state index in [1.807, 2.05) is 18.7 Å². The topological polar surface area (TPSA) is 57.6 Å². The highest BCUT2D eigenvalue weighted by atomic mass is 16.4. The number of rotatable bonds is 4. The summed E-state index contributed by atoms with van der Waals surface area (Å²) in [4.78, 5) is 25.6. The summed E-state index contributed by atoms with van der Waals surface area (Å²) in [5.41, 5.74) is 0.0539. The summed E-state index contributed by atoms with van der Waals surface area (Å²) in [5.74, 6) is -0.700. The number of fused-ring (bicyclic) bond motifs is 2. The standard InChI is InChI=1S/C17H29NO3/c1-15(2,9-14(20)21)8-13(19)18-11-17(5)7-12(18)6-16(3,4)10-17/h12H,6-11H2,1-5H3,(H,20,21). The fraction of sp³-hybridized carbons (Fsp3) is 0.882. The molecule has 2 aliphatic rings. The van der Waals surface area contributed by atoms with Gasteiger partial charge in [-0.1, -0.05) is 34.6 Å². The molecule has 4 nitrogen and oxygen atoms in total. The number of carboxylic acids is 1. The third kappa shape index (κ3) is 3.78. The number of carbonyl (C=O) groups excluding carboxylic acids is 1. The Labute approximate surface area is 127 Å². The number of carbonyl (C=O) groups is 2. The van der Waals surface area contributed by atoms with E-state index in [9.17, 15) is 9.59 Å². The predicted molar refractivity (Wildman–Crippen MR) is 81.9 cm³/mol. The molecule has 2 rings (SSSR count). The summed E-state index contributed by atoms with van der Waals surface area (Å²) in [6.45, 7) is 11.4. The molecule has 4 heteroatoms. The molecular weight excluding hydrogens is 266 g/mol. The number of hydrogen-bond acceptors (Lipinski definition) is 2. The van der Waals surface area contributed by atoms with Gasteiger partial charge in [0.2, 0.25) is 5.91 Å². The molecule has 2 atom stereocenters. The minimum atomic E-state index is -0.832. The zero-order valence-electron chi connectivity index (χ0n) is 14.0. The van der Waals surface area contributed by atoms with E-state index in [-0.39, 0.29) is 17.7 Å². The van der Waals surface area contributed by atoms with Crippen LogP contribution in [0.15, 0.2) is 0 Å². The first-order chi connectivity index (χ1) is 9.41. The molecule has 1 aliphatic heterocycles. The molecule has 1 heterocycles. The summed E-state index contributed by atoms with van der Waals surface area (Å²) >= 11 is 0. The van der Waals surface area contributed by atoms with Gasteiger partial charge in [-0.05, 0) is 35.5 Å². The molecular formula is C17H29NO3. The van der Waals surface area contributed by atoms with E-state index >= 15 is 0 Å². The summed E-state index contributed by atoms with van der Waals surface area (Å²) in [7, 11) is 0. The first-order valence-electron chi connectivity index (χ1n) is 7.93. The van der Waals surface area contributed by atoms with E-state index < -0.39 is 11.4 Å². The van der Waals surface area contributed by atoms with Crippen molar-refractivity contribution < 1.29 is 14.7 Å². The second kappa shape index (κ2) is 4.99.